The Balaban J connectivity index is 3.12. The van der Waals surface area contributed by atoms with Gasteiger partial charge in [-0.1, -0.05) is 34.1 Å². The summed E-state index contributed by atoms with van der Waals surface area (Å²) in [6.07, 6.45) is 1.81. The number of rotatable bonds is 8. The van der Waals surface area contributed by atoms with Crippen molar-refractivity contribution in [3.63, 3.8) is 0 Å². The largest absolute Gasteiger partial charge is 0.388 e. The molecule has 1 aromatic rings. The number of halogens is 1. The van der Waals surface area contributed by atoms with Gasteiger partial charge in [-0.05, 0) is 46.8 Å². The third-order valence-electron chi connectivity index (χ3n) is 4.11. The number of hydrogen-bond acceptors (Lipinski definition) is 4. The van der Waals surface area contributed by atoms with Gasteiger partial charge in [0.2, 0.25) is 10.0 Å². The lowest BCUT2D eigenvalue weighted by atomic mass is 9.81. The minimum absolute atomic E-state index is 0.0491. The van der Waals surface area contributed by atoms with Crippen LogP contribution in [-0.4, -0.2) is 25.2 Å². The molecule has 2 unspecified atom stereocenters. The van der Waals surface area contributed by atoms with Crippen molar-refractivity contribution < 1.29 is 13.5 Å². The van der Waals surface area contributed by atoms with E-state index in [0.29, 0.717) is 12.8 Å². The maximum absolute atomic E-state index is 12.5. The third-order valence-corrected chi connectivity index (χ3v) is 7.67. The lowest BCUT2D eigenvalue weighted by Crippen LogP contribution is -2.55. The predicted octanol–water partition coefficient (Wildman–Crippen LogP) is 3.75. The lowest BCUT2D eigenvalue weighted by molar-refractivity contribution is -0.0161. The molecule has 0 saturated heterocycles. The van der Waals surface area contributed by atoms with Crippen molar-refractivity contribution in [2.75, 3.05) is 0 Å². The van der Waals surface area contributed by atoms with Gasteiger partial charge in [-0.2, -0.15) is 0 Å². The first-order valence-electron chi connectivity index (χ1n) is 7.20. The summed E-state index contributed by atoms with van der Waals surface area (Å²) >= 11 is 4.44. The van der Waals surface area contributed by atoms with Crippen LogP contribution < -0.4 is 4.72 Å². The SMILES string of the molecule is CCC(C)C(NS(=O)(=O)c1ccc(Br)s1)C(O)(CC)CC. The number of nitrogens with one attached hydrogen (secondary N) is 1. The average Bonchev–Trinajstić information content (AvgIpc) is 2.90. The monoisotopic (exact) mass is 397 g/mol. The minimum atomic E-state index is -3.62. The summed E-state index contributed by atoms with van der Waals surface area (Å²) in [6, 6.07) is 2.79. The Morgan fingerprint density at radius 1 is 1.33 bits per heavy atom. The molecule has 0 fully saturated rings. The second-order valence-corrected chi connectivity index (χ2v) is 9.76. The zero-order valence-corrected chi connectivity index (χ0v) is 16.1. The molecule has 0 aromatic carbocycles. The highest BCUT2D eigenvalue weighted by atomic mass is 79.9. The van der Waals surface area contributed by atoms with Gasteiger partial charge in [-0.25, -0.2) is 13.1 Å². The number of thiophene rings is 1. The topological polar surface area (TPSA) is 66.4 Å². The summed E-state index contributed by atoms with van der Waals surface area (Å²) in [5.74, 6) is 0.0491. The fourth-order valence-corrected chi connectivity index (χ4v) is 5.79. The molecule has 0 saturated carbocycles. The van der Waals surface area contributed by atoms with E-state index in [-0.39, 0.29) is 10.1 Å². The number of sulfonamides is 1. The molecule has 2 N–H and O–H groups in total. The van der Waals surface area contributed by atoms with E-state index >= 15 is 0 Å². The van der Waals surface area contributed by atoms with Crippen LogP contribution >= 0.6 is 27.3 Å². The Bertz CT molecular complexity index is 552. The van der Waals surface area contributed by atoms with Gasteiger partial charge in [0.05, 0.1) is 15.4 Å². The van der Waals surface area contributed by atoms with Crippen LogP contribution in [0.3, 0.4) is 0 Å². The molecule has 0 aliphatic rings. The molecule has 4 nitrogen and oxygen atoms in total. The quantitative estimate of drug-likeness (QED) is 0.701. The fraction of sp³-hybridized carbons (Fsp3) is 0.714. The van der Waals surface area contributed by atoms with Crippen LogP contribution in [0.1, 0.15) is 47.0 Å². The minimum Gasteiger partial charge on any atom is -0.388 e. The molecule has 2 atom stereocenters. The first-order chi connectivity index (χ1) is 9.70. The van der Waals surface area contributed by atoms with E-state index in [1.165, 1.54) is 11.3 Å². The molecule has 0 bridgehead atoms. The van der Waals surface area contributed by atoms with Crippen LogP contribution in [-0.2, 0) is 10.0 Å². The van der Waals surface area contributed by atoms with Gasteiger partial charge in [-0.3, -0.25) is 0 Å². The molecule has 1 rings (SSSR count). The molecule has 0 amide bonds. The summed E-state index contributed by atoms with van der Waals surface area (Å²) in [5.41, 5.74) is -1.03. The number of hydrogen-bond donors (Lipinski definition) is 2. The second-order valence-electron chi connectivity index (χ2n) is 5.35. The molecule has 0 aliphatic heterocycles. The Hall–Kier alpha value is 0.0500. The maximum Gasteiger partial charge on any atom is 0.250 e. The van der Waals surface area contributed by atoms with Gasteiger partial charge in [0, 0.05) is 0 Å². The van der Waals surface area contributed by atoms with Crippen molar-refractivity contribution in [2.24, 2.45) is 5.92 Å². The van der Waals surface area contributed by atoms with Crippen LogP contribution in [0, 0.1) is 5.92 Å². The standard InChI is InChI=1S/C14H24BrNO3S2/c1-5-10(4)13(14(17,6-2)7-3)16-21(18,19)12-9-8-11(15)20-12/h8-10,13,16-17H,5-7H2,1-4H3. The predicted molar refractivity (Wildman–Crippen MR) is 91.1 cm³/mol. The molecule has 1 aromatic heterocycles. The molecule has 0 radical (unpaired) electrons. The molecular weight excluding hydrogens is 374 g/mol. The molecule has 0 aliphatic carbocycles. The van der Waals surface area contributed by atoms with Gasteiger partial charge in [0.15, 0.2) is 0 Å². The smallest absolute Gasteiger partial charge is 0.250 e. The van der Waals surface area contributed by atoms with Crippen LogP contribution in [0.4, 0.5) is 0 Å². The molecule has 1 heterocycles. The highest BCUT2D eigenvalue weighted by Crippen LogP contribution is 2.30. The van der Waals surface area contributed by atoms with Crippen molar-refractivity contribution in [2.45, 2.75) is 62.8 Å². The first kappa shape index (κ1) is 19.1. The van der Waals surface area contributed by atoms with E-state index in [4.69, 9.17) is 0 Å². The van der Waals surface area contributed by atoms with E-state index in [9.17, 15) is 13.5 Å². The van der Waals surface area contributed by atoms with Crippen molar-refractivity contribution in [1.82, 2.24) is 4.72 Å². The Morgan fingerprint density at radius 3 is 2.29 bits per heavy atom. The molecule has 7 heteroatoms. The molecular formula is C14H24BrNO3S2. The summed E-state index contributed by atoms with van der Waals surface area (Å²) in [6.45, 7) is 7.73. The van der Waals surface area contributed by atoms with Crippen LogP contribution in [0.5, 0.6) is 0 Å². The summed E-state index contributed by atoms with van der Waals surface area (Å²) in [7, 11) is -3.62. The van der Waals surface area contributed by atoms with Gasteiger partial charge >= 0.3 is 0 Å². The van der Waals surface area contributed by atoms with Gasteiger partial charge in [0.25, 0.3) is 0 Å². The number of aliphatic hydroxyl groups is 1. The van der Waals surface area contributed by atoms with Crippen molar-refractivity contribution in [3.05, 3.63) is 15.9 Å². The summed E-state index contributed by atoms with van der Waals surface area (Å²) < 4.78 is 28.8. The van der Waals surface area contributed by atoms with Crippen molar-refractivity contribution >= 4 is 37.3 Å². The maximum atomic E-state index is 12.5. The highest BCUT2D eigenvalue weighted by molar-refractivity contribution is 9.11. The highest BCUT2D eigenvalue weighted by Gasteiger charge is 2.39. The van der Waals surface area contributed by atoms with Crippen LogP contribution in [0.2, 0.25) is 0 Å². The first-order valence-corrected chi connectivity index (χ1v) is 10.3. The fourth-order valence-electron chi connectivity index (χ4n) is 2.35. The normalized spacial score (nSPS) is 15.9. The van der Waals surface area contributed by atoms with E-state index in [2.05, 4.69) is 20.7 Å². The van der Waals surface area contributed by atoms with E-state index in [1.54, 1.807) is 12.1 Å². The molecule has 122 valence electrons. The van der Waals surface area contributed by atoms with Crippen LogP contribution in [0.25, 0.3) is 0 Å². The van der Waals surface area contributed by atoms with E-state index < -0.39 is 21.7 Å². The Morgan fingerprint density at radius 2 is 1.90 bits per heavy atom. The van der Waals surface area contributed by atoms with Gasteiger partial charge < -0.3 is 5.11 Å². The van der Waals surface area contributed by atoms with Gasteiger partial charge in [-0.15, -0.1) is 11.3 Å². The molecule has 21 heavy (non-hydrogen) atoms. The Labute approximate surface area is 140 Å². The molecule has 0 spiro atoms. The lowest BCUT2D eigenvalue weighted by Gasteiger charge is -2.38. The third kappa shape index (κ3) is 4.51. The summed E-state index contributed by atoms with van der Waals surface area (Å²) in [4.78, 5) is 0. The van der Waals surface area contributed by atoms with Crippen molar-refractivity contribution in [1.29, 1.82) is 0 Å². The second kappa shape index (κ2) is 7.55. The average molecular weight is 398 g/mol. The van der Waals surface area contributed by atoms with E-state index in [1.807, 2.05) is 27.7 Å². The Kier molecular flexibility index (Phi) is 6.86. The van der Waals surface area contributed by atoms with Gasteiger partial charge in [0.1, 0.15) is 4.21 Å². The summed E-state index contributed by atoms with van der Waals surface area (Å²) in [5, 5.41) is 10.8. The van der Waals surface area contributed by atoms with Crippen molar-refractivity contribution in [3.8, 4) is 0 Å². The van der Waals surface area contributed by atoms with E-state index in [0.717, 1.165) is 10.2 Å². The van der Waals surface area contributed by atoms with Crippen LogP contribution in [0.15, 0.2) is 20.1 Å². The zero-order chi connectivity index (χ0) is 16.3. The zero-order valence-electron chi connectivity index (χ0n) is 12.9.